The number of piperazine rings is 2. The van der Waals surface area contributed by atoms with Crippen LogP contribution in [0.25, 0.3) is 90.2 Å². The molecule has 40 heteroatoms. The van der Waals surface area contributed by atoms with Crippen molar-refractivity contribution in [3.05, 3.63) is 149 Å². The van der Waals surface area contributed by atoms with E-state index >= 15 is 0 Å². The van der Waals surface area contributed by atoms with Gasteiger partial charge >= 0.3 is 24.2 Å². The number of aromatic nitrogens is 18. The second kappa shape index (κ2) is 35.7. The van der Waals surface area contributed by atoms with Crippen molar-refractivity contribution in [3.63, 3.8) is 0 Å². The molecule has 0 radical (unpaired) electrons. The van der Waals surface area contributed by atoms with Gasteiger partial charge in [0.15, 0.2) is 75.2 Å². The molecule has 0 saturated carbocycles. The van der Waals surface area contributed by atoms with Crippen molar-refractivity contribution in [2.75, 3.05) is 103 Å². The van der Waals surface area contributed by atoms with Gasteiger partial charge in [0.05, 0.1) is 81.8 Å². The first-order valence-electron chi connectivity index (χ1n) is 35.9. The van der Waals surface area contributed by atoms with E-state index < -0.39 is 51.1 Å². The van der Waals surface area contributed by atoms with Gasteiger partial charge in [0.25, 0.3) is 0 Å². The average molecular weight is 1720 g/mol. The number of nitrogens with zero attached hydrogens (tertiary/aromatic N) is 19. The predicted octanol–water partition coefficient (Wildman–Crippen LogP) is 11.0. The molecule has 115 heavy (non-hydrogen) atoms. The van der Waals surface area contributed by atoms with Gasteiger partial charge in [0.1, 0.15) is 43.3 Å². The van der Waals surface area contributed by atoms with Crippen molar-refractivity contribution in [1.82, 2.24) is 98.9 Å². The molecule has 2 amide bonds. The number of sulfonamides is 1. The maximum absolute atomic E-state index is 13.4. The summed E-state index contributed by atoms with van der Waals surface area (Å²) in [5, 5.41) is 3.33. The van der Waals surface area contributed by atoms with Crippen molar-refractivity contribution in [3.8, 4) is 46.1 Å². The lowest BCUT2D eigenvalue weighted by molar-refractivity contribution is 0.0426. The van der Waals surface area contributed by atoms with Gasteiger partial charge in [0.2, 0.25) is 10.0 Å². The molecule has 600 valence electrons. The number of rotatable bonds is 10. The number of fused-ring (bicyclic) bond motifs is 4. The van der Waals surface area contributed by atoms with E-state index in [1.807, 2.05) is 77.7 Å². The zero-order valence-electron chi connectivity index (χ0n) is 64.6. The number of carbonyl (C=O) groups is 4. The Hall–Kier alpha value is -12.5. The van der Waals surface area contributed by atoms with Crippen molar-refractivity contribution in [2.24, 2.45) is 0 Å². The first kappa shape index (κ1) is 83.4. The lowest BCUT2D eigenvalue weighted by atomic mass is 10.2. The quantitative estimate of drug-likeness (QED) is 0.0466. The summed E-state index contributed by atoms with van der Waals surface area (Å²) in [5.74, 6) is 3.77. The van der Waals surface area contributed by atoms with Gasteiger partial charge < -0.3 is 72.0 Å². The fraction of sp³-hybridized carbons (Fsp3) is 0.307. The Bertz CT molecular complexity index is 5660. The molecule has 2 aliphatic rings. The summed E-state index contributed by atoms with van der Waals surface area (Å²) < 4.78 is 48.7. The number of nitrogens with one attached hydrogen (secondary N) is 4. The number of carbonyl (C=O) groups excluding carboxylic acids is 4. The van der Waals surface area contributed by atoms with Crippen LogP contribution in [-0.4, -0.2) is 208 Å². The topological polar surface area (TPSA) is 501 Å². The predicted molar refractivity (Wildman–Crippen MR) is 443 cm³/mol. The van der Waals surface area contributed by atoms with E-state index in [1.165, 1.54) is 34.6 Å². The van der Waals surface area contributed by atoms with Crippen LogP contribution < -0.4 is 43.0 Å². The number of nitrogen functional groups attached to an aromatic ring is 4. The summed E-state index contributed by atoms with van der Waals surface area (Å²) in [4.78, 5) is 126. The SMILES string of the molecule is CC(C)(C)OC(=O)N(C(=O)OC(C)(C)C)c1ncc(Br)nc1-c1nc2ccccc2n1C(=O)OC(C)(C)C.CCS(=O)(=O)N1CCN(c2cnc(N)c(-c3nc4ccccc4[nH]3)n2)CC1.COC(=O)c1nccnc1N.Nc1ncc(Br)nc1-c1nc2ccccc2[nH]1.Nc1ncc(N2CCNCC2)nc1-c1nc2ccccc2[nH]1. The van der Waals surface area contributed by atoms with E-state index in [2.05, 4.69) is 132 Å². The summed E-state index contributed by atoms with van der Waals surface area (Å²) in [6, 6.07) is 30.2. The monoisotopic (exact) mass is 1710 g/mol. The first-order valence-corrected chi connectivity index (χ1v) is 39.1. The molecule has 0 spiro atoms. The fourth-order valence-electron chi connectivity index (χ4n) is 11.3. The van der Waals surface area contributed by atoms with Crippen molar-refractivity contribution < 1.29 is 46.5 Å². The molecule has 4 aromatic carbocycles. The Balaban J connectivity index is 0.000000149. The lowest BCUT2D eigenvalue weighted by Crippen LogP contribution is -2.49. The van der Waals surface area contributed by atoms with E-state index in [1.54, 1.807) is 112 Å². The number of methoxy groups -OCH3 is 1. The number of benzene rings is 4. The Labute approximate surface area is 676 Å². The Morgan fingerprint density at radius 3 is 1.36 bits per heavy atom. The molecule has 9 aromatic heterocycles. The summed E-state index contributed by atoms with van der Waals surface area (Å²) in [7, 11) is -1.90. The summed E-state index contributed by atoms with van der Waals surface area (Å²) in [6.07, 6.45) is 6.19. The normalized spacial score (nSPS) is 13.3. The number of hydrogen-bond donors (Lipinski definition) is 8. The molecule has 0 aliphatic carbocycles. The van der Waals surface area contributed by atoms with Crippen molar-refractivity contribution >= 4 is 151 Å². The molecule has 37 nitrogen and oxygen atoms in total. The molecular weight excluding hydrogens is 1630 g/mol. The summed E-state index contributed by atoms with van der Waals surface area (Å²) >= 11 is 6.56. The highest BCUT2D eigenvalue weighted by Gasteiger charge is 2.38. The molecule has 2 fully saturated rings. The van der Waals surface area contributed by atoms with Crippen LogP contribution in [0.3, 0.4) is 0 Å². The Kier molecular flexibility index (Phi) is 25.9. The number of aromatic amines is 3. The third kappa shape index (κ3) is 21.0. The number of nitrogens with two attached hydrogens (primary N) is 4. The summed E-state index contributed by atoms with van der Waals surface area (Å²) in [6.45, 7) is 22.5. The van der Waals surface area contributed by atoms with E-state index in [-0.39, 0.29) is 39.2 Å². The average Bonchev–Trinajstić information content (AvgIpc) is 1.65. The van der Waals surface area contributed by atoms with Gasteiger partial charge in [-0.15, -0.1) is 0 Å². The number of anilines is 7. The number of H-pyrrole nitrogens is 3. The maximum atomic E-state index is 13.4. The van der Waals surface area contributed by atoms with Gasteiger partial charge in [-0.05, 0) is 150 Å². The number of para-hydroxylation sites is 8. The lowest BCUT2D eigenvalue weighted by Gasteiger charge is -2.34. The van der Waals surface area contributed by atoms with Crippen LogP contribution in [0.2, 0.25) is 0 Å². The van der Waals surface area contributed by atoms with Gasteiger partial charge in [-0.25, -0.2) is 102 Å². The molecule has 0 atom stereocenters. The van der Waals surface area contributed by atoms with Crippen LogP contribution in [0.5, 0.6) is 0 Å². The largest absolute Gasteiger partial charge is 0.464 e. The van der Waals surface area contributed by atoms with Gasteiger partial charge in [-0.2, -0.15) is 9.21 Å². The van der Waals surface area contributed by atoms with Gasteiger partial charge in [-0.3, -0.25) is 0 Å². The van der Waals surface area contributed by atoms with Crippen LogP contribution in [0.4, 0.5) is 55.1 Å². The van der Waals surface area contributed by atoms with Crippen LogP contribution in [0, 0.1) is 0 Å². The van der Waals surface area contributed by atoms with Crippen molar-refractivity contribution in [1.29, 1.82) is 0 Å². The number of imidazole rings is 4. The smallest absolute Gasteiger partial charge is 0.425 e. The number of amides is 2. The Morgan fingerprint density at radius 2 is 0.904 bits per heavy atom. The number of halogens is 2. The second-order valence-corrected chi connectivity index (χ2v) is 32.2. The molecular formula is C75H85Br2N27O10S. The van der Waals surface area contributed by atoms with E-state index in [0.29, 0.717) is 105 Å². The highest BCUT2D eigenvalue weighted by atomic mass is 79.9. The van der Waals surface area contributed by atoms with Crippen LogP contribution >= 0.6 is 31.9 Å². The van der Waals surface area contributed by atoms with E-state index in [0.717, 1.165) is 65.1 Å². The summed E-state index contributed by atoms with van der Waals surface area (Å²) in [5.41, 5.74) is 28.4. The van der Waals surface area contributed by atoms with Crippen LogP contribution in [0.1, 0.15) is 79.7 Å². The van der Waals surface area contributed by atoms with E-state index in [4.69, 9.17) is 37.1 Å². The minimum absolute atomic E-state index is 0.00127. The van der Waals surface area contributed by atoms with Crippen LogP contribution in [-0.2, 0) is 29.0 Å². The first-order chi connectivity index (χ1) is 54.6. The third-order valence-corrected chi connectivity index (χ3v) is 19.1. The number of imide groups is 1. The number of esters is 1. The molecule has 2 aliphatic heterocycles. The van der Waals surface area contributed by atoms with Gasteiger partial charge in [0, 0.05) is 64.8 Å². The number of hydrogen-bond acceptors (Lipinski definition) is 31. The molecule has 0 bridgehead atoms. The third-order valence-electron chi connectivity index (χ3n) is 16.5. The standard InChI is InChI=1S/C26H32BrN5O6.C17H21N7O2S.C15H17N7.C11H8BrN5.C6H7N3O2/c1-24(2,3)36-21(33)31-16-13-11-10-12-15(16)29-20(31)18-19(28-14-17(27)30-18)32(22(34)37-25(4,5)6)23(35)38-26(7,8)9;1-2-27(25,26)24-9-7-23(8-10-24)14-11-19-16(18)15(22-14)17-20-12-5-3-4-6-13(12)21-17;16-14-13(15-19-10-3-1-2-4-11(10)20-15)21-12(9-18-14)22-7-5-17-6-8-22;12-8-5-14-10(13)9(17-8)11-15-6-3-1-2-4-7(6)16-11;1-11-6(10)4-5(7)9-3-2-8-4/h10-14H,1-9H3;3-6,11H,2,7-10H2,1H3,(H2,18,19)(H,20,21);1-4,9,17H,5-8H2,(H2,16,18)(H,19,20);1-5H,(H2,13,14)(H,15,16);2-3H,1H3,(H2,7,9). The minimum Gasteiger partial charge on any atom is -0.464 e. The molecule has 15 rings (SSSR count). The highest BCUT2D eigenvalue weighted by molar-refractivity contribution is 9.10. The van der Waals surface area contributed by atoms with Gasteiger partial charge in [-0.1, -0.05) is 48.5 Å². The zero-order chi connectivity index (χ0) is 82.7. The molecule has 11 heterocycles. The second-order valence-electron chi connectivity index (χ2n) is 28.4. The Morgan fingerprint density at radius 1 is 0.487 bits per heavy atom. The number of ether oxygens (including phenoxy) is 4. The highest BCUT2D eigenvalue weighted by Crippen LogP contribution is 2.35. The van der Waals surface area contributed by atoms with E-state index in [9.17, 15) is 27.6 Å². The molecule has 13 aromatic rings. The minimum atomic E-state index is -3.16. The molecule has 0 unspecified atom stereocenters. The molecule has 12 N–H and O–H groups in total. The van der Waals surface area contributed by atoms with Crippen molar-refractivity contribution in [2.45, 2.75) is 86.0 Å². The zero-order valence-corrected chi connectivity index (χ0v) is 68.6. The fourth-order valence-corrected chi connectivity index (χ4v) is 12.9. The van der Waals surface area contributed by atoms with Crippen LogP contribution in [0.15, 0.2) is 143 Å². The maximum Gasteiger partial charge on any atom is 0.425 e. The molecule has 2 saturated heterocycles.